The molecule has 0 unspecified atom stereocenters. The van der Waals surface area contributed by atoms with E-state index in [-0.39, 0.29) is 0 Å². The van der Waals surface area contributed by atoms with Crippen molar-refractivity contribution in [3.05, 3.63) is 29.6 Å². The van der Waals surface area contributed by atoms with E-state index in [1.165, 1.54) is 0 Å². The Morgan fingerprint density at radius 3 is 2.94 bits per heavy atom. The summed E-state index contributed by atoms with van der Waals surface area (Å²) in [5, 5.41) is 2.99. The third-order valence-electron chi connectivity index (χ3n) is 2.43. The lowest BCUT2D eigenvalue weighted by molar-refractivity contribution is 0.417. The van der Waals surface area contributed by atoms with Gasteiger partial charge in [0.15, 0.2) is 0 Å². The highest BCUT2D eigenvalue weighted by Crippen LogP contribution is 2.36. The molecule has 5 heteroatoms. The van der Waals surface area contributed by atoms with Gasteiger partial charge in [0.1, 0.15) is 10.8 Å². The van der Waals surface area contributed by atoms with Gasteiger partial charge in [-0.1, -0.05) is 0 Å². The Balaban J connectivity index is 2.11. The number of fused-ring (bicyclic) bond motifs is 1. The molecule has 0 radical (unpaired) electrons. The van der Waals surface area contributed by atoms with Crippen molar-refractivity contribution in [2.24, 2.45) is 0 Å². The molecule has 0 aliphatic rings. The minimum atomic E-state index is 0.775. The molecule has 0 aliphatic carbocycles. The van der Waals surface area contributed by atoms with Crippen LogP contribution >= 0.6 is 22.7 Å². The molecule has 2 aromatic heterocycles. The van der Waals surface area contributed by atoms with Crippen LogP contribution in [0, 0.1) is 0 Å². The molecule has 0 saturated heterocycles. The number of nitrogens with two attached hydrogens (primary N) is 1. The number of ether oxygens (including phenoxy) is 1. The maximum atomic E-state index is 5.76. The molecular formula is C12H10N2OS2. The van der Waals surface area contributed by atoms with Gasteiger partial charge in [0, 0.05) is 17.1 Å². The van der Waals surface area contributed by atoms with Crippen LogP contribution in [0.25, 0.3) is 20.1 Å². The molecule has 0 saturated carbocycles. The van der Waals surface area contributed by atoms with Crippen molar-refractivity contribution in [2.45, 2.75) is 0 Å². The second-order valence-electron chi connectivity index (χ2n) is 3.60. The second kappa shape index (κ2) is 4.01. The topological polar surface area (TPSA) is 48.1 Å². The first-order valence-corrected chi connectivity index (χ1v) is 6.75. The zero-order valence-corrected chi connectivity index (χ0v) is 10.8. The Labute approximate surface area is 106 Å². The van der Waals surface area contributed by atoms with Gasteiger partial charge in [-0.3, -0.25) is 0 Å². The Kier molecular flexibility index (Phi) is 2.49. The number of nitrogen functional groups attached to an aromatic ring is 1. The Morgan fingerprint density at radius 2 is 2.18 bits per heavy atom. The minimum absolute atomic E-state index is 0.775. The molecule has 0 amide bonds. The fourth-order valence-corrected chi connectivity index (χ4v) is 3.52. The summed E-state index contributed by atoms with van der Waals surface area (Å²) < 4.78 is 6.29. The first kappa shape index (κ1) is 10.6. The maximum Gasteiger partial charge on any atom is 0.134 e. The molecule has 86 valence electrons. The van der Waals surface area contributed by atoms with Crippen LogP contribution in [0.2, 0.25) is 0 Å². The van der Waals surface area contributed by atoms with Crippen molar-refractivity contribution in [3.63, 3.8) is 0 Å². The SMILES string of the molecule is COc1csc(-c2nc3ccc(N)cc3s2)c1. The van der Waals surface area contributed by atoms with Crippen molar-refractivity contribution in [1.82, 2.24) is 4.98 Å². The van der Waals surface area contributed by atoms with Crippen molar-refractivity contribution >= 4 is 38.6 Å². The average Bonchev–Trinajstić information content (AvgIpc) is 2.93. The van der Waals surface area contributed by atoms with Crippen LogP contribution in [-0.4, -0.2) is 12.1 Å². The first-order chi connectivity index (χ1) is 8.26. The normalized spacial score (nSPS) is 10.9. The molecule has 3 nitrogen and oxygen atoms in total. The van der Waals surface area contributed by atoms with E-state index in [1.807, 2.05) is 29.6 Å². The summed E-state index contributed by atoms with van der Waals surface area (Å²) in [5.41, 5.74) is 7.53. The number of thiazole rings is 1. The molecule has 3 aromatic rings. The van der Waals surface area contributed by atoms with Gasteiger partial charge in [-0.15, -0.1) is 22.7 Å². The predicted molar refractivity (Wildman–Crippen MR) is 73.9 cm³/mol. The number of methoxy groups -OCH3 is 1. The highest BCUT2D eigenvalue weighted by molar-refractivity contribution is 7.25. The van der Waals surface area contributed by atoms with E-state index >= 15 is 0 Å². The van der Waals surface area contributed by atoms with Gasteiger partial charge in [-0.05, 0) is 18.2 Å². The maximum absolute atomic E-state index is 5.76. The summed E-state index contributed by atoms with van der Waals surface area (Å²) in [5.74, 6) is 0.878. The number of rotatable bonds is 2. The number of aromatic nitrogens is 1. The summed E-state index contributed by atoms with van der Waals surface area (Å²) in [7, 11) is 1.67. The van der Waals surface area contributed by atoms with Crippen LogP contribution in [0.15, 0.2) is 29.6 Å². The lowest BCUT2D eigenvalue weighted by Crippen LogP contribution is -1.81. The summed E-state index contributed by atoms with van der Waals surface area (Å²) >= 11 is 3.29. The molecule has 3 rings (SSSR count). The monoisotopic (exact) mass is 262 g/mol. The molecule has 0 bridgehead atoms. The number of anilines is 1. The smallest absolute Gasteiger partial charge is 0.134 e. The van der Waals surface area contributed by atoms with E-state index in [9.17, 15) is 0 Å². The van der Waals surface area contributed by atoms with Crippen LogP contribution in [-0.2, 0) is 0 Å². The standard InChI is InChI=1S/C12H10N2OS2/c1-15-8-5-11(16-6-8)12-14-9-3-2-7(13)4-10(9)17-12/h2-6H,13H2,1H3. The van der Waals surface area contributed by atoms with Gasteiger partial charge in [-0.2, -0.15) is 0 Å². The zero-order chi connectivity index (χ0) is 11.8. The van der Waals surface area contributed by atoms with Gasteiger partial charge in [0.2, 0.25) is 0 Å². The number of hydrogen-bond donors (Lipinski definition) is 1. The number of hydrogen-bond acceptors (Lipinski definition) is 5. The second-order valence-corrected chi connectivity index (χ2v) is 5.54. The summed E-state index contributed by atoms with van der Waals surface area (Å²) in [6.07, 6.45) is 0. The Bertz CT molecular complexity index is 672. The Hall–Kier alpha value is -1.59. The number of thiophene rings is 1. The van der Waals surface area contributed by atoms with Crippen LogP contribution in [0.3, 0.4) is 0 Å². The lowest BCUT2D eigenvalue weighted by Gasteiger charge is -1.89. The summed E-state index contributed by atoms with van der Waals surface area (Å²) in [6.45, 7) is 0. The van der Waals surface area contributed by atoms with Gasteiger partial charge in [0.25, 0.3) is 0 Å². The van der Waals surface area contributed by atoms with E-state index in [0.717, 1.165) is 31.5 Å². The summed E-state index contributed by atoms with van der Waals surface area (Å²) in [4.78, 5) is 5.72. The van der Waals surface area contributed by atoms with Gasteiger partial charge in [-0.25, -0.2) is 4.98 Å². The van der Waals surface area contributed by atoms with E-state index in [0.29, 0.717) is 0 Å². The predicted octanol–water partition coefficient (Wildman–Crippen LogP) is 3.62. The fraction of sp³-hybridized carbons (Fsp3) is 0.0833. The molecule has 2 heterocycles. The molecule has 0 aliphatic heterocycles. The van der Waals surface area contributed by atoms with Gasteiger partial charge >= 0.3 is 0 Å². The van der Waals surface area contributed by atoms with Crippen molar-refractivity contribution in [2.75, 3.05) is 12.8 Å². The lowest BCUT2D eigenvalue weighted by atomic mass is 10.3. The largest absolute Gasteiger partial charge is 0.496 e. The molecular weight excluding hydrogens is 252 g/mol. The molecule has 2 N–H and O–H groups in total. The fourth-order valence-electron chi connectivity index (χ4n) is 1.58. The highest BCUT2D eigenvalue weighted by atomic mass is 32.1. The van der Waals surface area contributed by atoms with E-state index < -0.39 is 0 Å². The van der Waals surface area contributed by atoms with Crippen LogP contribution < -0.4 is 10.5 Å². The average molecular weight is 262 g/mol. The van der Waals surface area contributed by atoms with Crippen molar-refractivity contribution in [3.8, 4) is 15.6 Å². The third-order valence-corrected chi connectivity index (χ3v) is 4.53. The molecule has 1 aromatic carbocycles. The van der Waals surface area contributed by atoms with Gasteiger partial charge in [0.05, 0.1) is 22.2 Å². The van der Waals surface area contributed by atoms with Crippen molar-refractivity contribution < 1.29 is 4.74 Å². The quantitative estimate of drug-likeness (QED) is 0.718. The Morgan fingerprint density at radius 1 is 1.29 bits per heavy atom. The van der Waals surface area contributed by atoms with Crippen LogP contribution in [0.1, 0.15) is 0 Å². The highest BCUT2D eigenvalue weighted by Gasteiger charge is 2.09. The molecule has 17 heavy (non-hydrogen) atoms. The van der Waals surface area contributed by atoms with E-state index in [4.69, 9.17) is 10.5 Å². The first-order valence-electron chi connectivity index (χ1n) is 5.05. The molecule has 0 fully saturated rings. The number of nitrogens with zero attached hydrogens (tertiary/aromatic N) is 1. The zero-order valence-electron chi connectivity index (χ0n) is 9.14. The van der Waals surface area contributed by atoms with E-state index in [1.54, 1.807) is 29.8 Å². The summed E-state index contributed by atoms with van der Waals surface area (Å²) in [6, 6.07) is 7.80. The molecule has 0 spiro atoms. The number of benzene rings is 1. The molecule has 0 atom stereocenters. The van der Waals surface area contributed by atoms with Crippen molar-refractivity contribution in [1.29, 1.82) is 0 Å². The van der Waals surface area contributed by atoms with Crippen LogP contribution in [0.4, 0.5) is 5.69 Å². The van der Waals surface area contributed by atoms with Gasteiger partial charge < -0.3 is 10.5 Å². The third kappa shape index (κ3) is 1.87. The van der Waals surface area contributed by atoms with E-state index in [2.05, 4.69) is 4.98 Å². The van der Waals surface area contributed by atoms with Crippen LogP contribution in [0.5, 0.6) is 5.75 Å². The minimum Gasteiger partial charge on any atom is -0.496 e.